The summed E-state index contributed by atoms with van der Waals surface area (Å²) in [4.78, 5) is 0. The van der Waals surface area contributed by atoms with E-state index in [4.69, 9.17) is 13.3 Å². The Morgan fingerprint density at radius 3 is 1.73 bits per heavy atom. The first-order valence-electron chi connectivity index (χ1n) is 9.30. The van der Waals surface area contributed by atoms with Crippen LogP contribution in [0.25, 0.3) is 0 Å². The van der Waals surface area contributed by atoms with Crippen LogP contribution in [0.3, 0.4) is 0 Å². The third-order valence-electron chi connectivity index (χ3n) is 3.66. The molecule has 1 unspecified atom stereocenters. The molecule has 0 aromatic heterocycles. The van der Waals surface area contributed by atoms with Crippen LogP contribution in [0.15, 0.2) is 0 Å². The van der Waals surface area contributed by atoms with Gasteiger partial charge in [-0.2, -0.15) is 0 Å². The van der Waals surface area contributed by atoms with Crippen molar-refractivity contribution >= 4 is 8.80 Å². The third-order valence-corrected chi connectivity index (χ3v) is 7.19. The fraction of sp³-hybridized carbons (Fsp3) is 1.00. The van der Waals surface area contributed by atoms with Crippen molar-refractivity contribution in [3.05, 3.63) is 0 Å². The molecule has 0 aromatic rings. The maximum atomic E-state index is 6.35. The molecule has 0 saturated heterocycles. The molecule has 0 fully saturated rings. The summed E-state index contributed by atoms with van der Waals surface area (Å²) in [5.41, 5.74) is 0. The van der Waals surface area contributed by atoms with Gasteiger partial charge in [-0.05, 0) is 39.0 Å². The van der Waals surface area contributed by atoms with Crippen LogP contribution in [0, 0.1) is 11.8 Å². The van der Waals surface area contributed by atoms with E-state index in [1.807, 2.05) is 13.8 Å². The Bertz CT molecular complexity index is 251. The number of rotatable bonds is 14. The highest BCUT2D eigenvalue weighted by Crippen LogP contribution is 2.24. The van der Waals surface area contributed by atoms with Gasteiger partial charge in [-0.25, -0.2) is 0 Å². The smallest absolute Gasteiger partial charge is 0.374 e. The van der Waals surface area contributed by atoms with E-state index in [1.165, 1.54) is 25.7 Å². The Morgan fingerprint density at radius 1 is 0.727 bits per heavy atom. The molecule has 3 nitrogen and oxygen atoms in total. The minimum atomic E-state index is -2.51. The highest BCUT2D eigenvalue weighted by Gasteiger charge is 2.42. The van der Waals surface area contributed by atoms with Crippen LogP contribution < -0.4 is 0 Å². The summed E-state index contributed by atoms with van der Waals surface area (Å²) in [6, 6.07) is 0.909. The minimum absolute atomic E-state index is 0.225. The molecule has 0 heterocycles. The fourth-order valence-electron chi connectivity index (χ4n) is 2.74. The highest BCUT2D eigenvalue weighted by molar-refractivity contribution is 6.60. The van der Waals surface area contributed by atoms with Crippen molar-refractivity contribution in [1.29, 1.82) is 0 Å². The maximum absolute atomic E-state index is 6.35. The second kappa shape index (κ2) is 12.5. The van der Waals surface area contributed by atoms with Crippen molar-refractivity contribution in [2.24, 2.45) is 11.8 Å². The average Bonchev–Trinajstić information content (AvgIpc) is 2.37. The number of unbranched alkanes of at least 4 members (excludes halogenated alkanes) is 2. The van der Waals surface area contributed by atoms with Crippen LogP contribution >= 0.6 is 0 Å². The van der Waals surface area contributed by atoms with Gasteiger partial charge in [-0.3, -0.25) is 0 Å². The summed E-state index contributed by atoms with van der Waals surface area (Å²) in [6.45, 7) is 16.6. The lowest BCUT2D eigenvalue weighted by Gasteiger charge is -2.33. The van der Waals surface area contributed by atoms with Gasteiger partial charge in [0.05, 0.1) is 0 Å². The van der Waals surface area contributed by atoms with E-state index in [1.54, 1.807) is 0 Å². The molecule has 4 heteroatoms. The molecule has 134 valence electrons. The van der Waals surface area contributed by atoms with Gasteiger partial charge in [0.15, 0.2) is 0 Å². The van der Waals surface area contributed by atoms with Gasteiger partial charge in [0.25, 0.3) is 0 Å². The molecule has 0 N–H and O–H groups in total. The Kier molecular flexibility index (Phi) is 12.6. The van der Waals surface area contributed by atoms with Crippen LogP contribution in [-0.4, -0.2) is 28.1 Å². The van der Waals surface area contributed by atoms with Gasteiger partial charge in [-0.15, -0.1) is 0 Å². The summed E-state index contributed by atoms with van der Waals surface area (Å²) in [5.74, 6) is 1.35. The Hall–Kier alpha value is 0.0969. The highest BCUT2D eigenvalue weighted by atomic mass is 28.4. The predicted octanol–water partition coefficient (Wildman–Crippen LogP) is 5.67. The van der Waals surface area contributed by atoms with Crippen LogP contribution in [0.4, 0.5) is 0 Å². The van der Waals surface area contributed by atoms with E-state index in [9.17, 15) is 0 Å². The van der Waals surface area contributed by atoms with Crippen molar-refractivity contribution in [3.8, 4) is 0 Å². The van der Waals surface area contributed by atoms with Crippen LogP contribution in [-0.2, 0) is 13.3 Å². The van der Waals surface area contributed by atoms with E-state index in [0.717, 1.165) is 18.4 Å². The first-order chi connectivity index (χ1) is 10.3. The molecule has 0 radical (unpaired) electrons. The topological polar surface area (TPSA) is 27.7 Å². The molecule has 0 bridgehead atoms. The molecular weight excluding hydrogens is 292 g/mol. The first kappa shape index (κ1) is 22.1. The van der Waals surface area contributed by atoms with E-state index in [2.05, 4.69) is 34.6 Å². The van der Waals surface area contributed by atoms with Gasteiger partial charge in [0, 0.05) is 25.4 Å². The monoisotopic (exact) mass is 332 g/mol. The van der Waals surface area contributed by atoms with Crippen LogP contribution in [0.2, 0.25) is 6.04 Å². The summed E-state index contributed by atoms with van der Waals surface area (Å²) < 4.78 is 18.4. The molecular formula is C18H40O3Si. The summed E-state index contributed by atoms with van der Waals surface area (Å²) in [7, 11) is -2.51. The molecule has 0 aliphatic rings. The minimum Gasteiger partial charge on any atom is -0.374 e. The SMILES string of the molecule is CCO[Si](CC(C)C)(OCC)OC(C)CCCCCC(C)C. The van der Waals surface area contributed by atoms with Crippen molar-refractivity contribution in [1.82, 2.24) is 0 Å². The normalized spacial score (nSPS) is 14.0. The molecule has 1 atom stereocenters. The van der Waals surface area contributed by atoms with Crippen LogP contribution in [0.1, 0.15) is 80.6 Å². The molecule has 0 spiro atoms. The lowest BCUT2D eigenvalue weighted by molar-refractivity contribution is 0.0323. The Labute approximate surface area is 140 Å². The molecule has 22 heavy (non-hydrogen) atoms. The number of hydrogen-bond donors (Lipinski definition) is 0. The quantitative estimate of drug-likeness (QED) is 0.303. The zero-order valence-electron chi connectivity index (χ0n) is 16.1. The van der Waals surface area contributed by atoms with Gasteiger partial charge in [-0.1, -0.05) is 53.4 Å². The molecule has 0 aliphatic carbocycles. The maximum Gasteiger partial charge on any atom is 0.501 e. The summed E-state index contributed by atoms with van der Waals surface area (Å²) >= 11 is 0. The van der Waals surface area contributed by atoms with E-state index in [-0.39, 0.29) is 6.10 Å². The van der Waals surface area contributed by atoms with Crippen molar-refractivity contribution in [2.45, 2.75) is 92.7 Å². The summed E-state index contributed by atoms with van der Waals surface area (Å²) in [5, 5.41) is 0. The standard InChI is InChI=1S/C18H40O3Si/c1-8-19-22(20-9-2,15-17(5)6)21-18(7)14-12-10-11-13-16(3)4/h16-18H,8-15H2,1-7H3. The van der Waals surface area contributed by atoms with E-state index < -0.39 is 8.80 Å². The molecule has 0 aromatic carbocycles. The fourth-order valence-corrected chi connectivity index (χ4v) is 5.90. The Morgan fingerprint density at radius 2 is 1.27 bits per heavy atom. The lowest BCUT2D eigenvalue weighted by atomic mass is 10.0. The number of hydrogen-bond acceptors (Lipinski definition) is 3. The van der Waals surface area contributed by atoms with E-state index >= 15 is 0 Å². The van der Waals surface area contributed by atoms with Crippen molar-refractivity contribution in [3.63, 3.8) is 0 Å². The Balaban J connectivity index is 4.31. The molecule has 0 aliphatic heterocycles. The third kappa shape index (κ3) is 10.8. The predicted molar refractivity (Wildman–Crippen MR) is 97.1 cm³/mol. The van der Waals surface area contributed by atoms with Crippen molar-refractivity contribution in [2.75, 3.05) is 13.2 Å². The van der Waals surface area contributed by atoms with Gasteiger partial charge in [0.2, 0.25) is 0 Å². The second-order valence-corrected chi connectivity index (χ2v) is 9.69. The van der Waals surface area contributed by atoms with Gasteiger partial charge in [0.1, 0.15) is 0 Å². The van der Waals surface area contributed by atoms with Crippen molar-refractivity contribution < 1.29 is 13.3 Å². The zero-order valence-corrected chi connectivity index (χ0v) is 17.1. The van der Waals surface area contributed by atoms with Gasteiger partial charge < -0.3 is 13.3 Å². The van der Waals surface area contributed by atoms with Crippen LogP contribution in [0.5, 0.6) is 0 Å². The lowest BCUT2D eigenvalue weighted by Crippen LogP contribution is -2.49. The van der Waals surface area contributed by atoms with E-state index in [0.29, 0.717) is 19.1 Å². The molecule has 0 amide bonds. The first-order valence-corrected chi connectivity index (χ1v) is 11.2. The molecule has 0 saturated carbocycles. The zero-order chi connectivity index (χ0) is 17.0. The largest absolute Gasteiger partial charge is 0.501 e. The molecule has 0 rings (SSSR count). The summed E-state index contributed by atoms with van der Waals surface area (Å²) in [6.07, 6.45) is 6.52. The second-order valence-electron chi connectivity index (χ2n) is 7.11. The average molecular weight is 333 g/mol. The van der Waals surface area contributed by atoms with Gasteiger partial charge >= 0.3 is 8.80 Å².